The summed E-state index contributed by atoms with van der Waals surface area (Å²) in [6, 6.07) is 4.54. The van der Waals surface area contributed by atoms with Crippen molar-refractivity contribution in [3.05, 3.63) is 35.1 Å². The predicted molar refractivity (Wildman–Crippen MR) is 52.5 cm³/mol. The van der Waals surface area contributed by atoms with Crippen molar-refractivity contribution in [2.75, 3.05) is 7.11 Å². The van der Waals surface area contributed by atoms with Gasteiger partial charge in [-0.05, 0) is 36.6 Å². The maximum Gasteiger partial charge on any atom is 0.123 e. The Kier molecular flexibility index (Phi) is 4.04. The van der Waals surface area contributed by atoms with Crippen LogP contribution in [0.2, 0.25) is 0 Å². The zero-order valence-corrected chi connectivity index (χ0v) is 8.46. The van der Waals surface area contributed by atoms with Gasteiger partial charge in [-0.15, -0.1) is 0 Å². The Bertz CT molecular complexity index is 297. The molecule has 1 aromatic rings. The fraction of sp³-hybridized carbons (Fsp3) is 0.455. The van der Waals surface area contributed by atoms with Crippen LogP contribution in [0.15, 0.2) is 18.2 Å². The molecule has 0 fully saturated rings. The lowest BCUT2D eigenvalue weighted by atomic mass is 10.0. The molecule has 0 spiro atoms. The first-order valence-electron chi connectivity index (χ1n) is 4.57. The van der Waals surface area contributed by atoms with E-state index in [1.54, 1.807) is 20.1 Å². The third-order valence-corrected chi connectivity index (χ3v) is 1.98. The van der Waals surface area contributed by atoms with Gasteiger partial charge in [-0.1, -0.05) is 6.07 Å². The number of halogens is 1. The van der Waals surface area contributed by atoms with E-state index in [-0.39, 0.29) is 5.82 Å². The highest BCUT2D eigenvalue weighted by molar-refractivity contribution is 5.28. The van der Waals surface area contributed by atoms with Crippen LogP contribution in [0.4, 0.5) is 4.39 Å². The van der Waals surface area contributed by atoms with E-state index in [9.17, 15) is 9.50 Å². The van der Waals surface area contributed by atoms with Gasteiger partial charge < -0.3 is 9.84 Å². The minimum atomic E-state index is -0.420. The van der Waals surface area contributed by atoms with Crippen LogP contribution in [0, 0.1) is 5.82 Å². The Morgan fingerprint density at radius 2 is 2.14 bits per heavy atom. The van der Waals surface area contributed by atoms with Gasteiger partial charge in [0.05, 0.1) is 12.7 Å². The lowest BCUT2D eigenvalue weighted by Crippen LogP contribution is -2.07. The molecular weight excluding hydrogens is 183 g/mol. The molecule has 0 aromatic heterocycles. The Labute approximate surface area is 83.3 Å². The van der Waals surface area contributed by atoms with Crippen molar-refractivity contribution in [3.8, 4) is 0 Å². The van der Waals surface area contributed by atoms with Gasteiger partial charge in [0, 0.05) is 7.11 Å². The zero-order valence-electron chi connectivity index (χ0n) is 8.46. The summed E-state index contributed by atoms with van der Waals surface area (Å²) in [6.45, 7) is 2.08. The average molecular weight is 198 g/mol. The largest absolute Gasteiger partial charge is 0.393 e. The number of methoxy groups -OCH3 is 1. The highest BCUT2D eigenvalue weighted by atomic mass is 19.1. The molecule has 0 radical (unpaired) electrons. The molecule has 78 valence electrons. The maximum absolute atomic E-state index is 12.9. The zero-order chi connectivity index (χ0) is 10.6. The molecule has 0 saturated carbocycles. The Balaban J connectivity index is 2.89. The van der Waals surface area contributed by atoms with E-state index in [1.165, 1.54) is 12.1 Å². The Morgan fingerprint density at radius 3 is 2.71 bits per heavy atom. The maximum atomic E-state index is 12.9. The van der Waals surface area contributed by atoms with Crippen molar-refractivity contribution in [2.24, 2.45) is 0 Å². The van der Waals surface area contributed by atoms with Gasteiger partial charge in [-0.2, -0.15) is 0 Å². The first kappa shape index (κ1) is 11.1. The molecule has 1 unspecified atom stereocenters. The van der Waals surface area contributed by atoms with Gasteiger partial charge in [0.2, 0.25) is 0 Å². The van der Waals surface area contributed by atoms with Crippen molar-refractivity contribution >= 4 is 0 Å². The van der Waals surface area contributed by atoms with Crippen LogP contribution in [-0.4, -0.2) is 18.3 Å². The predicted octanol–water partition coefficient (Wildman–Crippen LogP) is 1.90. The molecule has 1 rings (SSSR count). The summed E-state index contributed by atoms with van der Waals surface area (Å²) in [7, 11) is 1.57. The van der Waals surface area contributed by atoms with Crippen LogP contribution in [0.25, 0.3) is 0 Å². The molecule has 1 atom stereocenters. The van der Waals surface area contributed by atoms with E-state index < -0.39 is 6.10 Å². The van der Waals surface area contributed by atoms with E-state index >= 15 is 0 Å². The molecule has 1 aromatic carbocycles. The van der Waals surface area contributed by atoms with E-state index in [1.807, 2.05) is 0 Å². The van der Waals surface area contributed by atoms with Crippen molar-refractivity contribution in [3.63, 3.8) is 0 Å². The molecule has 0 heterocycles. The molecule has 14 heavy (non-hydrogen) atoms. The number of benzene rings is 1. The molecule has 0 aliphatic heterocycles. The highest BCUT2D eigenvalue weighted by Gasteiger charge is 2.06. The fourth-order valence-corrected chi connectivity index (χ4v) is 1.40. The van der Waals surface area contributed by atoms with Gasteiger partial charge >= 0.3 is 0 Å². The van der Waals surface area contributed by atoms with Crippen LogP contribution in [-0.2, 0) is 17.8 Å². The van der Waals surface area contributed by atoms with E-state index in [0.29, 0.717) is 13.0 Å². The lowest BCUT2D eigenvalue weighted by Gasteiger charge is -2.10. The van der Waals surface area contributed by atoms with Crippen molar-refractivity contribution in [2.45, 2.75) is 26.1 Å². The standard InChI is InChI=1S/C11H15FO2/c1-8(13)5-9-3-4-11(12)6-10(9)7-14-2/h3-4,6,8,13H,5,7H2,1-2H3. The van der Waals surface area contributed by atoms with Gasteiger partial charge in [0.25, 0.3) is 0 Å². The molecule has 0 saturated heterocycles. The smallest absolute Gasteiger partial charge is 0.123 e. The average Bonchev–Trinajstić information content (AvgIpc) is 2.09. The number of hydrogen-bond donors (Lipinski definition) is 1. The molecule has 0 aliphatic rings. The van der Waals surface area contributed by atoms with Crippen LogP contribution in [0.5, 0.6) is 0 Å². The number of hydrogen-bond acceptors (Lipinski definition) is 2. The molecule has 3 heteroatoms. The summed E-state index contributed by atoms with van der Waals surface area (Å²) < 4.78 is 17.8. The SMILES string of the molecule is COCc1cc(F)ccc1CC(C)O. The van der Waals surface area contributed by atoms with Crippen LogP contribution < -0.4 is 0 Å². The molecule has 0 bridgehead atoms. The number of aliphatic hydroxyl groups is 1. The first-order chi connectivity index (χ1) is 6.63. The Hall–Kier alpha value is -0.930. The molecular formula is C11H15FO2. The van der Waals surface area contributed by atoms with E-state index in [0.717, 1.165) is 11.1 Å². The number of ether oxygens (including phenoxy) is 1. The van der Waals surface area contributed by atoms with E-state index in [2.05, 4.69) is 0 Å². The lowest BCUT2D eigenvalue weighted by molar-refractivity contribution is 0.178. The molecule has 2 nitrogen and oxygen atoms in total. The van der Waals surface area contributed by atoms with Crippen LogP contribution in [0.1, 0.15) is 18.1 Å². The normalized spacial score (nSPS) is 12.9. The second kappa shape index (κ2) is 5.08. The molecule has 1 N–H and O–H groups in total. The fourth-order valence-electron chi connectivity index (χ4n) is 1.40. The Morgan fingerprint density at radius 1 is 1.43 bits per heavy atom. The van der Waals surface area contributed by atoms with E-state index in [4.69, 9.17) is 4.74 Å². The van der Waals surface area contributed by atoms with Crippen molar-refractivity contribution in [1.82, 2.24) is 0 Å². The number of aliphatic hydroxyl groups excluding tert-OH is 1. The van der Waals surface area contributed by atoms with Gasteiger partial charge in [-0.25, -0.2) is 4.39 Å². The number of rotatable bonds is 4. The van der Waals surface area contributed by atoms with Crippen LogP contribution in [0.3, 0.4) is 0 Å². The summed E-state index contributed by atoms with van der Waals surface area (Å²) in [5.41, 5.74) is 1.73. The quantitative estimate of drug-likeness (QED) is 0.800. The van der Waals surface area contributed by atoms with Gasteiger partial charge in [0.15, 0.2) is 0 Å². The minimum absolute atomic E-state index is 0.272. The summed E-state index contributed by atoms with van der Waals surface area (Å²) in [5.74, 6) is -0.272. The third-order valence-electron chi connectivity index (χ3n) is 1.98. The highest BCUT2D eigenvalue weighted by Crippen LogP contribution is 2.14. The summed E-state index contributed by atoms with van der Waals surface area (Å²) >= 11 is 0. The summed E-state index contributed by atoms with van der Waals surface area (Å²) in [4.78, 5) is 0. The summed E-state index contributed by atoms with van der Waals surface area (Å²) in [6.07, 6.45) is 0.106. The van der Waals surface area contributed by atoms with Gasteiger partial charge in [0.1, 0.15) is 5.82 Å². The monoisotopic (exact) mass is 198 g/mol. The first-order valence-corrected chi connectivity index (χ1v) is 4.57. The third kappa shape index (κ3) is 3.09. The second-order valence-electron chi connectivity index (χ2n) is 3.40. The van der Waals surface area contributed by atoms with Crippen molar-refractivity contribution < 1.29 is 14.2 Å². The van der Waals surface area contributed by atoms with Crippen molar-refractivity contribution in [1.29, 1.82) is 0 Å². The van der Waals surface area contributed by atoms with Gasteiger partial charge in [-0.3, -0.25) is 0 Å². The topological polar surface area (TPSA) is 29.5 Å². The molecule has 0 amide bonds. The summed E-state index contributed by atoms with van der Waals surface area (Å²) in [5, 5.41) is 9.23. The second-order valence-corrected chi connectivity index (χ2v) is 3.40. The molecule has 0 aliphatic carbocycles. The minimum Gasteiger partial charge on any atom is -0.393 e. The van der Waals surface area contributed by atoms with Crippen LogP contribution >= 0.6 is 0 Å².